The van der Waals surface area contributed by atoms with Crippen molar-refractivity contribution in [3.63, 3.8) is 0 Å². The maximum absolute atomic E-state index is 11.9. The summed E-state index contributed by atoms with van der Waals surface area (Å²) in [5.41, 5.74) is 1.07. The van der Waals surface area contributed by atoms with Crippen LogP contribution in [0.4, 0.5) is 10.1 Å². The molecule has 1 aromatic carbocycles. The predicted octanol–water partition coefficient (Wildman–Crippen LogP) is 4.42. The van der Waals surface area contributed by atoms with Crippen molar-refractivity contribution in [1.82, 2.24) is 0 Å². The number of anilines is 1. The van der Waals surface area contributed by atoms with Crippen LogP contribution < -0.4 is 10.1 Å². The molecule has 1 rings (SSSR count). The van der Waals surface area contributed by atoms with Gasteiger partial charge < -0.3 is 10.1 Å². The van der Waals surface area contributed by atoms with Gasteiger partial charge in [-0.15, -0.1) is 0 Å². The smallest absolute Gasteiger partial charge is 0.121 e. The molecule has 0 spiro atoms. The summed E-state index contributed by atoms with van der Waals surface area (Å²) in [4.78, 5) is 0. The van der Waals surface area contributed by atoms with E-state index in [0.29, 0.717) is 6.42 Å². The van der Waals surface area contributed by atoms with Crippen molar-refractivity contribution in [3.05, 3.63) is 24.3 Å². The Kier molecular flexibility index (Phi) is 7.23. The zero-order valence-corrected chi connectivity index (χ0v) is 11.4. The fourth-order valence-electron chi connectivity index (χ4n) is 1.62. The topological polar surface area (TPSA) is 21.3 Å². The Morgan fingerprint density at radius 1 is 1.28 bits per heavy atom. The molecule has 0 aliphatic rings. The Labute approximate surface area is 110 Å². The van der Waals surface area contributed by atoms with Crippen LogP contribution >= 0.6 is 0 Å². The first kappa shape index (κ1) is 14.8. The van der Waals surface area contributed by atoms with E-state index in [2.05, 4.69) is 19.2 Å². The Balaban J connectivity index is 2.35. The molecule has 0 saturated carbocycles. The molecule has 0 saturated heterocycles. The molecule has 1 N–H and O–H groups in total. The van der Waals surface area contributed by atoms with Crippen molar-refractivity contribution in [1.29, 1.82) is 0 Å². The quantitative estimate of drug-likeness (QED) is 0.658. The van der Waals surface area contributed by atoms with Crippen LogP contribution in [0.25, 0.3) is 0 Å². The van der Waals surface area contributed by atoms with Gasteiger partial charge in [-0.3, -0.25) is 4.39 Å². The summed E-state index contributed by atoms with van der Waals surface area (Å²) in [5, 5.41) is 3.33. The lowest BCUT2D eigenvalue weighted by atomic mass is 10.2. The zero-order valence-electron chi connectivity index (χ0n) is 11.4. The molecule has 1 aromatic rings. The fraction of sp³-hybridized carbons (Fsp3) is 0.600. The largest absolute Gasteiger partial charge is 0.491 e. The van der Waals surface area contributed by atoms with E-state index in [4.69, 9.17) is 4.74 Å². The highest BCUT2D eigenvalue weighted by Crippen LogP contribution is 2.19. The molecule has 102 valence electrons. The lowest BCUT2D eigenvalue weighted by Gasteiger charge is -2.14. The van der Waals surface area contributed by atoms with Crippen molar-refractivity contribution in [2.24, 2.45) is 0 Å². The summed E-state index contributed by atoms with van der Waals surface area (Å²) in [7, 11) is 0. The second-order valence-electron chi connectivity index (χ2n) is 4.54. The second-order valence-corrected chi connectivity index (χ2v) is 4.54. The number of hydrogen-bond donors (Lipinski definition) is 1. The van der Waals surface area contributed by atoms with Gasteiger partial charge in [0, 0.05) is 18.3 Å². The van der Waals surface area contributed by atoms with Crippen LogP contribution in [0.3, 0.4) is 0 Å². The first-order valence-corrected chi connectivity index (χ1v) is 6.82. The number of nitrogens with one attached hydrogen (secondary N) is 1. The van der Waals surface area contributed by atoms with Gasteiger partial charge in [0.25, 0.3) is 0 Å². The molecule has 0 aliphatic heterocycles. The Morgan fingerprint density at radius 3 is 2.83 bits per heavy atom. The van der Waals surface area contributed by atoms with Gasteiger partial charge in [0.1, 0.15) is 5.75 Å². The average molecular weight is 253 g/mol. The minimum absolute atomic E-state index is 0.210. The highest BCUT2D eigenvalue weighted by atomic mass is 19.1. The van der Waals surface area contributed by atoms with E-state index in [1.54, 1.807) is 0 Å². The van der Waals surface area contributed by atoms with Crippen molar-refractivity contribution in [2.75, 3.05) is 18.5 Å². The van der Waals surface area contributed by atoms with Gasteiger partial charge in [-0.25, -0.2) is 0 Å². The predicted molar refractivity (Wildman–Crippen MR) is 75.1 cm³/mol. The third kappa shape index (κ3) is 5.89. The van der Waals surface area contributed by atoms with Gasteiger partial charge in [0.15, 0.2) is 0 Å². The molecule has 0 bridgehead atoms. The first-order valence-electron chi connectivity index (χ1n) is 6.82. The molecule has 0 aliphatic carbocycles. The fourth-order valence-corrected chi connectivity index (χ4v) is 1.62. The standard InChI is InChI=1S/C15H24FNO/c1-3-13(2)18-15-9-7-8-14(12-15)17-11-6-4-5-10-16/h7-9,12-13,17H,3-6,10-11H2,1-2H3. The van der Waals surface area contributed by atoms with Crippen LogP contribution in [0.5, 0.6) is 5.75 Å². The van der Waals surface area contributed by atoms with E-state index in [9.17, 15) is 4.39 Å². The second kappa shape index (κ2) is 8.78. The molecule has 0 heterocycles. The van der Waals surface area contributed by atoms with E-state index in [1.165, 1.54) is 0 Å². The maximum Gasteiger partial charge on any atom is 0.121 e. The summed E-state index contributed by atoms with van der Waals surface area (Å²) >= 11 is 0. The number of ether oxygens (including phenoxy) is 1. The summed E-state index contributed by atoms with van der Waals surface area (Å²) < 4.78 is 17.7. The number of unbranched alkanes of at least 4 members (excludes halogenated alkanes) is 2. The highest BCUT2D eigenvalue weighted by molar-refractivity contribution is 5.48. The maximum atomic E-state index is 11.9. The van der Waals surface area contributed by atoms with E-state index in [1.807, 2.05) is 24.3 Å². The number of halogens is 1. The molecule has 2 nitrogen and oxygen atoms in total. The number of rotatable bonds is 9. The molecule has 0 fully saturated rings. The molecule has 0 amide bonds. The number of alkyl halides is 1. The molecule has 0 aromatic heterocycles. The Morgan fingerprint density at radius 2 is 2.11 bits per heavy atom. The van der Waals surface area contributed by atoms with Crippen molar-refractivity contribution in [2.45, 2.75) is 45.6 Å². The van der Waals surface area contributed by atoms with Gasteiger partial charge in [0.05, 0.1) is 12.8 Å². The van der Waals surface area contributed by atoms with E-state index in [-0.39, 0.29) is 12.8 Å². The summed E-state index contributed by atoms with van der Waals surface area (Å²) in [6.45, 7) is 4.85. The first-order chi connectivity index (χ1) is 8.76. The minimum Gasteiger partial charge on any atom is -0.491 e. The number of hydrogen-bond acceptors (Lipinski definition) is 2. The van der Waals surface area contributed by atoms with E-state index in [0.717, 1.165) is 37.2 Å². The summed E-state index contributed by atoms with van der Waals surface area (Å²) in [5.74, 6) is 0.901. The van der Waals surface area contributed by atoms with Gasteiger partial charge in [-0.05, 0) is 44.7 Å². The van der Waals surface area contributed by atoms with Crippen LogP contribution in [0.1, 0.15) is 39.5 Å². The molecular weight excluding hydrogens is 229 g/mol. The SMILES string of the molecule is CCC(C)Oc1cccc(NCCCCCF)c1. The minimum atomic E-state index is -0.210. The third-order valence-corrected chi connectivity index (χ3v) is 2.89. The van der Waals surface area contributed by atoms with Crippen LogP contribution in [-0.4, -0.2) is 19.3 Å². The normalized spacial score (nSPS) is 12.2. The van der Waals surface area contributed by atoms with Crippen LogP contribution in [0, 0.1) is 0 Å². The lowest BCUT2D eigenvalue weighted by molar-refractivity contribution is 0.217. The van der Waals surface area contributed by atoms with Gasteiger partial charge in [0.2, 0.25) is 0 Å². The lowest BCUT2D eigenvalue weighted by Crippen LogP contribution is -2.10. The van der Waals surface area contributed by atoms with Crippen molar-refractivity contribution < 1.29 is 9.13 Å². The number of benzene rings is 1. The molecule has 3 heteroatoms. The van der Waals surface area contributed by atoms with E-state index >= 15 is 0 Å². The highest BCUT2D eigenvalue weighted by Gasteiger charge is 2.01. The van der Waals surface area contributed by atoms with Gasteiger partial charge >= 0.3 is 0 Å². The summed E-state index contributed by atoms with van der Waals surface area (Å²) in [6, 6.07) is 8.00. The third-order valence-electron chi connectivity index (χ3n) is 2.89. The average Bonchev–Trinajstić information content (AvgIpc) is 2.39. The molecule has 0 radical (unpaired) electrons. The monoisotopic (exact) mass is 253 g/mol. The Bertz CT molecular complexity index is 330. The van der Waals surface area contributed by atoms with Gasteiger partial charge in [-0.2, -0.15) is 0 Å². The zero-order chi connectivity index (χ0) is 13.2. The van der Waals surface area contributed by atoms with Crippen LogP contribution in [-0.2, 0) is 0 Å². The van der Waals surface area contributed by atoms with Gasteiger partial charge in [-0.1, -0.05) is 13.0 Å². The van der Waals surface area contributed by atoms with Crippen molar-refractivity contribution in [3.8, 4) is 5.75 Å². The molecule has 18 heavy (non-hydrogen) atoms. The van der Waals surface area contributed by atoms with Crippen molar-refractivity contribution >= 4 is 5.69 Å². The van der Waals surface area contributed by atoms with E-state index < -0.39 is 0 Å². The Hall–Kier alpha value is -1.25. The molecular formula is C15H24FNO. The summed E-state index contributed by atoms with van der Waals surface area (Å²) in [6.07, 6.45) is 3.84. The van der Waals surface area contributed by atoms with Crippen LogP contribution in [0.15, 0.2) is 24.3 Å². The van der Waals surface area contributed by atoms with Crippen LogP contribution in [0.2, 0.25) is 0 Å². The molecule has 1 unspecified atom stereocenters. The molecule has 1 atom stereocenters.